The van der Waals surface area contributed by atoms with Crippen molar-refractivity contribution in [2.45, 2.75) is 32.4 Å². The van der Waals surface area contributed by atoms with E-state index in [1.807, 2.05) is 18.2 Å². The molecule has 0 bridgehead atoms. The summed E-state index contributed by atoms with van der Waals surface area (Å²) in [5.41, 5.74) is 0.928. The zero-order valence-corrected chi connectivity index (χ0v) is 11.9. The van der Waals surface area contributed by atoms with Crippen LogP contribution in [0.1, 0.15) is 20.3 Å². The number of methoxy groups -OCH3 is 1. The number of ether oxygens (including phenoxy) is 1. The predicted molar refractivity (Wildman–Crippen MR) is 72.5 cm³/mol. The molecule has 17 heavy (non-hydrogen) atoms. The lowest BCUT2D eigenvalue weighted by Crippen LogP contribution is -2.56. The lowest BCUT2D eigenvalue weighted by molar-refractivity contribution is -0.0510. The van der Waals surface area contributed by atoms with E-state index in [-0.39, 0.29) is 11.5 Å². The molecule has 0 spiro atoms. The summed E-state index contributed by atoms with van der Waals surface area (Å²) >= 11 is 3.51. The van der Waals surface area contributed by atoms with Crippen molar-refractivity contribution in [3.8, 4) is 5.75 Å². The summed E-state index contributed by atoms with van der Waals surface area (Å²) in [5, 5.41) is 13.2. The molecule has 0 saturated heterocycles. The smallest absolute Gasteiger partial charge is 0.121 e. The molecule has 4 heteroatoms. The van der Waals surface area contributed by atoms with E-state index < -0.39 is 0 Å². The van der Waals surface area contributed by atoms with Gasteiger partial charge in [-0.3, -0.25) is 0 Å². The second-order valence-electron chi connectivity index (χ2n) is 5.12. The SMILES string of the molecule is COc1ccc(Br)c(NC2CC(O)C2(C)C)c1. The van der Waals surface area contributed by atoms with Gasteiger partial charge in [0.25, 0.3) is 0 Å². The zero-order valence-electron chi connectivity index (χ0n) is 10.3. The Hall–Kier alpha value is -0.740. The highest BCUT2D eigenvalue weighted by atomic mass is 79.9. The van der Waals surface area contributed by atoms with Crippen molar-refractivity contribution in [2.75, 3.05) is 12.4 Å². The Kier molecular flexibility index (Phi) is 3.36. The van der Waals surface area contributed by atoms with E-state index in [2.05, 4.69) is 35.1 Å². The van der Waals surface area contributed by atoms with E-state index in [9.17, 15) is 5.11 Å². The third-order valence-electron chi connectivity index (χ3n) is 3.72. The van der Waals surface area contributed by atoms with E-state index in [4.69, 9.17) is 4.74 Å². The predicted octanol–water partition coefficient (Wildman–Crippen LogP) is 3.03. The van der Waals surface area contributed by atoms with Crippen molar-refractivity contribution in [1.29, 1.82) is 0 Å². The van der Waals surface area contributed by atoms with Crippen LogP contribution in [0.2, 0.25) is 0 Å². The number of benzene rings is 1. The Bertz CT molecular complexity index is 420. The maximum Gasteiger partial charge on any atom is 0.121 e. The van der Waals surface area contributed by atoms with Gasteiger partial charge in [0.2, 0.25) is 0 Å². The monoisotopic (exact) mass is 299 g/mol. The summed E-state index contributed by atoms with van der Waals surface area (Å²) in [5.74, 6) is 0.827. The number of hydrogen-bond acceptors (Lipinski definition) is 3. The first-order valence-corrected chi connectivity index (χ1v) is 6.52. The Morgan fingerprint density at radius 1 is 1.47 bits per heavy atom. The Labute approximate surface area is 110 Å². The zero-order chi connectivity index (χ0) is 12.6. The summed E-state index contributed by atoms with van der Waals surface area (Å²) in [6.07, 6.45) is 0.570. The number of nitrogens with one attached hydrogen (secondary N) is 1. The van der Waals surface area contributed by atoms with Gasteiger partial charge in [0.1, 0.15) is 5.75 Å². The highest BCUT2D eigenvalue weighted by Gasteiger charge is 2.47. The van der Waals surface area contributed by atoms with Gasteiger partial charge in [0, 0.05) is 22.0 Å². The summed E-state index contributed by atoms with van der Waals surface area (Å²) in [4.78, 5) is 0. The van der Waals surface area contributed by atoms with Crippen LogP contribution in [0.25, 0.3) is 0 Å². The van der Waals surface area contributed by atoms with E-state index in [1.165, 1.54) is 0 Å². The lowest BCUT2D eigenvalue weighted by Gasteiger charge is -2.50. The average molecular weight is 300 g/mol. The lowest BCUT2D eigenvalue weighted by atomic mass is 9.64. The van der Waals surface area contributed by atoms with Crippen molar-refractivity contribution in [3.63, 3.8) is 0 Å². The van der Waals surface area contributed by atoms with Crippen molar-refractivity contribution in [1.82, 2.24) is 0 Å². The van der Waals surface area contributed by atoms with Gasteiger partial charge in [-0.15, -0.1) is 0 Å². The minimum absolute atomic E-state index is 0.0808. The molecule has 0 amide bonds. The van der Waals surface area contributed by atoms with E-state index in [0.717, 1.165) is 22.3 Å². The molecule has 2 atom stereocenters. The largest absolute Gasteiger partial charge is 0.497 e. The van der Waals surface area contributed by atoms with Crippen LogP contribution in [-0.4, -0.2) is 24.4 Å². The number of aliphatic hydroxyl groups excluding tert-OH is 1. The van der Waals surface area contributed by atoms with E-state index in [1.54, 1.807) is 7.11 Å². The number of hydrogen-bond donors (Lipinski definition) is 2. The molecule has 2 N–H and O–H groups in total. The van der Waals surface area contributed by atoms with Crippen LogP contribution in [0.4, 0.5) is 5.69 Å². The van der Waals surface area contributed by atoms with Crippen LogP contribution in [-0.2, 0) is 0 Å². The van der Waals surface area contributed by atoms with Crippen molar-refractivity contribution < 1.29 is 9.84 Å². The van der Waals surface area contributed by atoms with Gasteiger partial charge in [0.05, 0.1) is 18.9 Å². The Morgan fingerprint density at radius 3 is 2.71 bits per heavy atom. The molecule has 1 saturated carbocycles. The first-order chi connectivity index (χ1) is 7.95. The van der Waals surface area contributed by atoms with Gasteiger partial charge in [-0.25, -0.2) is 0 Å². The molecule has 1 aromatic rings. The summed E-state index contributed by atoms with van der Waals surface area (Å²) in [6.45, 7) is 4.15. The maximum absolute atomic E-state index is 9.72. The van der Waals surface area contributed by atoms with Crippen LogP contribution >= 0.6 is 15.9 Å². The molecule has 1 aliphatic rings. The molecular weight excluding hydrogens is 282 g/mol. The minimum Gasteiger partial charge on any atom is -0.497 e. The van der Waals surface area contributed by atoms with Crippen molar-refractivity contribution in [2.24, 2.45) is 5.41 Å². The number of halogens is 1. The van der Waals surface area contributed by atoms with Crippen LogP contribution in [0.5, 0.6) is 5.75 Å². The van der Waals surface area contributed by atoms with Crippen LogP contribution in [0.3, 0.4) is 0 Å². The van der Waals surface area contributed by atoms with Gasteiger partial charge in [-0.2, -0.15) is 0 Å². The molecule has 0 aromatic heterocycles. The number of aliphatic hydroxyl groups is 1. The van der Waals surface area contributed by atoms with Crippen molar-refractivity contribution in [3.05, 3.63) is 22.7 Å². The molecule has 1 aliphatic carbocycles. The summed E-state index contributed by atoms with van der Waals surface area (Å²) < 4.78 is 6.22. The third-order valence-corrected chi connectivity index (χ3v) is 4.41. The van der Waals surface area contributed by atoms with Crippen molar-refractivity contribution >= 4 is 21.6 Å². The summed E-state index contributed by atoms with van der Waals surface area (Å²) in [6, 6.07) is 6.13. The van der Waals surface area contributed by atoms with Gasteiger partial charge in [0.15, 0.2) is 0 Å². The standard InChI is InChI=1S/C13H18BrNO2/c1-13(2)11(7-12(13)16)15-10-6-8(17-3)4-5-9(10)14/h4-6,11-12,15-16H,7H2,1-3H3. The van der Waals surface area contributed by atoms with Gasteiger partial charge in [-0.05, 0) is 34.5 Å². The second kappa shape index (κ2) is 4.50. The normalized spacial score (nSPS) is 26.2. The molecule has 0 heterocycles. The summed E-state index contributed by atoms with van der Waals surface area (Å²) in [7, 11) is 1.66. The quantitative estimate of drug-likeness (QED) is 0.901. The molecule has 1 fully saturated rings. The van der Waals surface area contributed by atoms with Gasteiger partial charge in [-0.1, -0.05) is 13.8 Å². The van der Waals surface area contributed by atoms with Crippen LogP contribution in [0, 0.1) is 5.41 Å². The highest BCUT2D eigenvalue weighted by Crippen LogP contribution is 2.43. The van der Waals surface area contributed by atoms with E-state index in [0.29, 0.717) is 6.04 Å². The first-order valence-electron chi connectivity index (χ1n) is 5.73. The fraction of sp³-hybridized carbons (Fsp3) is 0.538. The molecule has 2 rings (SSSR count). The van der Waals surface area contributed by atoms with Gasteiger partial charge < -0.3 is 15.2 Å². The average Bonchev–Trinajstić information content (AvgIpc) is 2.31. The van der Waals surface area contributed by atoms with Crippen LogP contribution < -0.4 is 10.1 Å². The molecule has 2 unspecified atom stereocenters. The molecule has 0 radical (unpaired) electrons. The number of rotatable bonds is 3. The molecule has 0 aliphatic heterocycles. The third kappa shape index (κ3) is 2.29. The Balaban J connectivity index is 2.14. The van der Waals surface area contributed by atoms with Gasteiger partial charge >= 0.3 is 0 Å². The Morgan fingerprint density at radius 2 is 2.18 bits per heavy atom. The maximum atomic E-state index is 9.72. The molecular formula is C13H18BrNO2. The highest BCUT2D eigenvalue weighted by molar-refractivity contribution is 9.10. The number of anilines is 1. The molecule has 3 nitrogen and oxygen atoms in total. The topological polar surface area (TPSA) is 41.5 Å². The molecule has 94 valence electrons. The minimum atomic E-state index is -0.218. The van der Waals surface area contributed by atoms with E-state index >= 15 is 0 Å². The molecule has 1 aromatic carbocycles. The van der Waals surface area contributed by atoms with Crippen LogP contribution in [0.15, 0.2) is 22.7 Å². The second-order valence-corrected chi connectivity index (χ2v) is 5.97. The first kappa shape index (κ1) is 12.7. The fourth-order valence-electron chi connectivity index (χ4n) is 2.08. The fourth-order valence-corrected chi connectivity index (χ4v) is 2.44.